The van der Waals surface area contributed by atoms with Crippen LogP contribution >= 0.6 is 15.9 Å². The number of pyridine rings is 1. The maximum atomic E-state index is 5.70. The highest BCUT2D eigenvalue weighted by molar-refractivity contribution is 9.10. The molecule has 0 spiro atoms. The first-order chi connectivity index (χ1) is 8.74. The van der Waals surface area contributed by atoms with Crippen molar-refractivity contribution in [3.63, 3.8) is 0 Å². The molecule has 0 aliphatic heterocycles. The van der Waals surface area contributed by atoms with Crippen molar-refractivity contribution in [3.8, 4) is 0 Å². The van der Waals surface area contributed by atoms with Crippen molar-refractivity contribution in [2.24, 2.45) is 5.92 Å². The van der Waals surface area contributed by atoms with Crippen LogP contribution in [0.25, 0.3) is 0 Å². The zero-order valence-corrected chi connectivity index (χ0v) is 12.6. The number of ether oxygens (including phenoxy) is 1. The van der Waals surface area contributed by atoms with E-state index < -0.39 is 0 Å². The second-order valence-corrected chi connectivity index (χ2v) is 5.83. The second kappa shape index (κ2) is 6.64. The van der Waals surface area contributed by atoms with E-state index in [1.54, 1.807) is 0 Å². The molecular formula is C14H21BrN2O. The summed E-state index contributed by atoms with van der Waals surface area (Å²) in [6, 6.07) is 2.51. The molecule has 1 saturated carbocycles. The third-order valence-corrected chi connectivity index (χ3v) is 3.87. The third kappa shape index (κ3) is 3.77. The van der Waals surface area contributed by atoms with Crippen LogP contribution in [-0.2, 0) is 11.2 Å². The topological polar surface area (TPSA) is 34.2 Å². The summed E-state index contributed by atoms with van der Waals surface area (Å²) < 4.78 is 6.73. The predicted octanol–water partition coefficient (Wildman–Crippen LogP) is 2.79. The van der Waals surface area contributed by atoms with Gasteiger partial charge in [0.2, 0.25) is 0 Å². The number of methoxy groups -OCH3 is 1. The smallest absolute Gasteiger partial charge is 0.0755 e. The quantitative estimate of drug-likeness (QED) is 0.840. The highest BCUT2D eigenvalue weighted by Gasteiger charge is 2.36. The molecular weight excluding hydrogens is 292 g/mol. The van der Waals surface area contributed by atoms with Crippen molar-refractivity contribution in [3.05, 3.63) is 28.5 Å². The molecule has 0 saturated heterocycles. The van der Waals surface area contributed by atoms with Crippen molar-refractivity contribution in [1.29, 1.82) is 0 Å². The van der Waals surface area contributed by atoms with E-state index in [4.69, 9.17) is 4.74 Å². The lowest BCUT2D eigenvalue weighted by Crippen LogP contribution is -2.43. The molecule has 1 N–H and O–H groups in total. The average Bonchev–Trinajstić information content (AvgIpc) is 3.15. The fourth-order valence-corrected chi connectivity index (χ4v) is 2.91. The van der Waals surface area contributed by atoms with Gasteiger partial charge in [0.1, 0.15) is 0 Å². The second-order valence-electron chi connectivity index (χ2n) is 4.92. The van der Waals surface area contributed by atoms with Crippen molar-refractivity contribution >= 4 is 15.9 Å². The van der Waals surface area contributed by atoms with Gasteiger partial charge in [-0.05, 0) is 59.3 Å². The molecule has 1 aromatic rings. The van der Waals surface area contributed by atoms with Gasteiger partial charge in [0.15, 0.2) is 0 Å². The first kappa shape index (κ1) is 14.0. The minimum Gasteiger partial charge on any atom is -0.380 e. The van der Waals surface area contributed by atoms with Gasteiger partial charge in [-0.2, -0.15) is 0 Å². The standard InChI is InChI=1S/C14H21BrN2O/c1-3-17-13(14(18-2)11-4-5-11)7-10-6-12(15)9-16-8-10/h6,8-9,11,13-14,17H,3-5,7H2,1-2H3. The Hall–Kier alpha value is -0.450. The van der Waals surface area contributed by atoms with Crippen LogP contribution in [0.1, 0.15) is 25.3 Å². The van der Waals surface area contributed by atoms with Crippen molar-refractivity contribution in [1.82, 2.24) is 10.3 Å². The Kier molecular flexibility index (Phi) is 5.15. The molecule has 1 aliphatic carbocycles. The number of nitrogens with zero attached hydrogens (tertiary/aromatic N) is 1. The van der Waals surface area contributed by atoms with Gasteiger partial charge in [0.05, 0.1) is 6.10 Å². The molecule has 2 atom stereocenters. The van der Waals surface area contributed by atoms with Gasteiger partial charge >= 0.3 is 0 Å². The molecule has 2 unspecified atom stereocenters. The molecule has 100 valence electrons. The van der Waals surface area contributed by atoms with Gasteiger partial charge in [-0.3, -0.25) is 4.98 Å². The molecule has 1 aliphatic rings. The Bertz CT molecular complexity index is 382. The Morgan fingerprint density at radius 2 is 2.28 bits per heavy atom. The number of nitrogens with one attached hydrogen (secondary N) is 1. The monoisotopic (exact) mass is 312 g/mol. The average molecular weight is 313 g/mol. The summed E-state index contributed by atoms with van der Waals surface area (Å²) in [7, 11) is 1.83. The summed E-state index contributed by atoms with van der Waals surface area (Å²) >= 11 is 3.47. The van der Waals surface area contributed by atoms with Crippen LogP contribution in [0.15, 0.2) is 22.9 Å². The predicted molar refractivity (Wildman–Crippen MR) is 76.6 cm³/mol. The van der Waals surface area contributed by atoms with Crippen LogP contribution < -0.4 is 5.32 Å². The van der Waals surface area contributed by atoms with Crippen molar-refractivity contribution in [2.45, 2.75) is 38.3 Å². The van der Waals surface area contributed by atoms with Crippen LogP contribution in [-0.4, -0.2) is 30.8 Å². The minimum atomic E-state index is 0.323. The highest BCUT2D eigenvalue weighted by Crippen LogP contribution is 2.36. The minimum absolute atomic E-state index is 0.323. The summed E-state index contributed by atoms with van der Waals surface area (Å²) in [5, 5.41) is 3.55. The lowest BCUT2D eigenvalue weighted by Gasteiger charge is -2.27. The van der Waals surface area contributed by atoms with Gasteiger partial charge in [-0.25, -0.2) is 0 Å². The van der Waals surface area contributed by atoms with Crippen LogP contribution in [0.3, 0.4) is 0 Å². The van der Waals surface area contributed by atoms with E-state index in [0.29, 0.717) is 12.1 Å². The lowest BCUT2D eigenvalue weighted by atomic mass is 9.99. The molecule has 1 aromatic heterocycles. The van der Waals surface area contributed by atoms with E-state index in [-0.39, 0.29) is 0 Å². The van der Waals surface area contributed by atoms with Gasteiger partial charge in [-0.1, -0.05) is 6.92 Å². The maximum absolute atomic E-state index is 5.70. The molecule has 0 radical (unpaired) electrons. The van der Waals surface area contributed by atoms with E-state index in [2.05, 4.69) is 39.2 Å². The lowest BCUT2D eigenvalue weighted by molar-refractivity contribution is 0.0515. The largest absolute Gasteiger partial charge is 0.380 e. The zero-order valence-electron chi connectivity index (χ0n) is 11.0. The number of hydrogen-bond donors (Lipinski definition) is 1. The molecule has 18 heavy (non-hydrogen) atoms. The molecule has 3 nitrogen and oxygen atoms in total. The first-order valence-corrected chi connectivity index (χ1v) is 7.39. The highest BCUT2D eigenvalue weighted by atomic mass is 79.9. The Morgan fingerprint density at radius 1 is 1.50 bits per heavy atom. The van der Waals surface area contributed by atoms with Gasteiger partial charge in [-0.15, -0.1) is 0 Å². The summed E-state index contributed by atoms with van der Waals surface area (Å²) in [5.74, 6) is 0.735. The SMILES string of the molecule is CCNC(Cc1cncc(Br)c1)C(OC)C1CC1. The van der Waals surface area contributed by atoms with E-state index in [0.717, 1.165) is 23.4 Å². The molecule has 4 heteroatoms. The molecule has 2 rings (SSSR count). The zero-order chi connectivity index (χ0) is 13.0. The van der Waals surface area contributed by atoms with E-state index in [9.17, 15) is 0 Å². The van der Waals surface area contributed by atoms with Crippen LogP contribution in [0.2, 0.25) is 0 Å². The normalized spacial score (nSPS) is 18.6. The molecule has 1 heterocycles. The van der Waals surface area contributed by atoms with E-state index >= 15 is 0 Å². The molecule has 0 bridgehead atoms. The van der Waals surface area contributed by atoms with Crippen LogP contribution in [0, 0.1) is 5.92 Å². The van der Waals surface area contributed by atoms with E-state index in [1.807, 2.05) is 19.5 Å². The molecule has 0 amide bonds. The number of halogens is 1. The Morgan fingerprint density at radius 3 is 2.83 bits per heavy atom. The van der Waals surface area contributed by atoms with Gasteiger partial charge in [0, 0.05) is 30.0 Å². The number of aromatic nitrogens is 1. The maximum Gasteiger partial charge on any atom is 0.0755 e. The van der Waals surface area contributed by atoms with Gasteiger partial charge < -0.3 is 10.1 Å². The summed E-state index contributed by atoms with van der Waals surface area (Å²) in [6.45, 7) is 3.12. The van der Waals surface area contributed by atoms with Gasteiger partial charge in [0.25, 0.3) is 0 Å². The fourth-order valence-electron chi connectivity index (χ4n) is 2.50. The van der Waals surface area contributed by atoms with Crippen LogP contribution in [0.4, 0.5) is 0 Å². The number of rotatable bonds is 7. The summed E-state index contributed by atoms with van der Waals surface area (Å²) in [5.41, 5.74) is 1.25. The Labute approximate surface area is 117 Å². The van der Waals surface area contributed by atoms with Crippen molar-refractivity contribution < 1.29 is 4.74 Å². The Balaban J connectivity index is 2.04. The fraction of sp³-hybridized carbons (Fsp3) is 0.643. The summed E-state index contributed by atoms with van der Waals surface area (Å²) in [4.78, 5) is 4.23. The van der Waals surface area contributed by atoms with Crippen LogP contribution in [0.5, 0.6) is 0 Å². The van der Waals surface area contributed by atoms with E-state index in [1.165, 1.54) is 18.4 Å². The van der Waals surface area contributed by atoms with Crippen molar-refractivity contribution in [2.75, 3.05) is 13.7 Å². The molecule has 1 fully saturated rings. The summed E-state index contributed by atoms with van der Waals surface area (Å²) in [6.07, 6.45) is 7.66. The number of hydrogen-bond acceptors (Lipinski definition) is 3. The molecule has 0 aromatic carbocycles. The third-order valence-electron chi connectivity index (χ3n) is 3.44. The number of likely N-dealkylation sites (N-methyl/N-ethyl adjacent to an activating group) is 1. The first-order valence-electron chi connectivity index (χ1n) is 6.60.